The van der Waals surface area contributed by atoms with Gasteiger partial charge in [0.2, 0.25) is 0 Å². The maximum Gasteiger partial charge on any atom is 0.188 e. The summed E-state index contributed by atoms with van der Waals surface area (Å²) >= 11 is 0. The van der Waals surface area contributed by atoms with Crippen molar-refractivity contribution in [2.24, 2.45) is 0 Å². The number of aromatic nitrogens is 2. The highest BCUT2D eigenvalue weighted by Gasteiger charge is 2.01. The molecule has 0 atom stereocenters. The molecule has 1 heterocycles. The summed E-state index contributed by atoms with van der Waals surface area (Å²) in [6.07, 6.45) is 3.53. The van der Waals surface area contributed by atoms with Gasteiger partial charge in [-0.2, -0.15) is 5.10 Å². The number of hydrogen-bond donors (Lipinski definition) is 0. The molecule has 0 aliphatic carbocycles. The summed E-state index contributed by atoms with van der Waals surface area (Å²) in [6.45, 7) is 4.39. The van der Waals surface area contributed by atoms with Crippen molar-refractivity contribution in [2.45, 2.75) is 19.9 Å². The fourth-order valence-electron chi connectivity index (χ4n) is 0.805. The highest BCUT2D eigenvalue weighted by atomic mass is 16.7. The van der Waals surface area contributed by atoms with Crippen LogP contribution in [-0.4, -0.2) is 23.7 Å². The van der Waals surface area contributed by atoms with Crippen LogP contribution < -0.4 is 4.74 Å². The maximum absolute atomic E-state index is 5.18. The molecular weight excluding hydrogens is 156 g/mol. The van der Waals surface area contributed by atoms with E-state index in [1.807, 2.05) is 10.9 Å². The zero-order valence-electron chi connectivity index (χ0n) is 7.65. The van der Waals surface area contributed by atoms with E-state index in [1.54, 1.807) is 13.3 Å². The van der Waals surface area contributed by atoms with Gasteiger partial charge in [0.25, 0.3) is 0 Å². The second kappa shape index (κ2) is 4.11. The Labute approximate surface area is 72.1 Å². The van der Waals surface area contributed by atoms with Crippen LogP contribution in [0.4, 0.5) is 0 Å². The van der Waals surface area contributed by atoms with Crippen LogP contribution in [0.15, 0.2) is 12.4 Å². The summed E-state index contributed by atoms with van der Waals surface area (Å²) in [5.41, 5.74) is 0. The number of ether oxygens (including phenoxy) is 2. The Morgan fingerprint density at radius 1 is 1.58 bits per heavy atom. The second-order valence-corrected chi connectivity index (χ2v) is 2.80. The Balaban J connectivity index is 2.52. The standard InChI is InChI=1S/C8H14N2O2/c1-7(2)10-5-8(4-9-10)12-6-11-3/h4-5,7H,6H2,1-3H3. The molecule has 0 bridgehead atoms. The zero-order chi connectivity index (χ0) is 8.97. The number of rotatable bonds is 4. The van der Waals surface area contributed by atoms with E-state index in [4.69, 9.17) is 9.47 Å². The molecule has 0 aliphatic rings. The average Bonchev–Trinajstić information content (AvgIpc) is 2.48. The molecule has 0 amide bonds. The van der Waals surface area contributed by atoms with Gasteiger partial charge >= 0.3 is 0 Å². The van der Waals surface area contributed by atoms with E-state index in [2.05, 4.69) is 18.9 Å². The molecule has 12 heavy (non-hydrogen) atoms. The number of nitrogens with zero attached hydrogens (tertiary/aromatic N) is 2. The van der Waals surface area contributed by atoms with Crippen molar-refractivity contribution in [3.8, 4) is 5.75 Å². The lowest BCUT2D eigenvalue weighted by atomic mass is 10.4. The van der Waals surface area contributed by atoms with Gasteiger partial charge in [0.05, 0.1) is 12.4 Å². The molecule has 4 nitrogen and oxygen atoms in total. The van der Waals surface area contributed by atoms with Gasteiger partial charge in [-0.05, 0) is 13.8 Å². The molecule has 68 valence electrons. The summed E-state index contributed by atoms with van der Waals surface area (Å²) in [4.78, 5) is 0. The van der Waals surface area contributed by atoms with Crippen molar-refractivity contribution in [1.82, 2.24) is 9.78 Å². The van der Waals surface area contributed by atoms with E-state index in [0.717, 1.165) is 5.75 Å². The van der Waals surface area contributed by atoms with E-state index in [-0.39, 0.29) is 6.79 Å². The van der Waals surface area contributed by atoms with E-state index in [1.165, 1.54) is 0 Å². The van der Waals surface area contributed by atoms with Crippen LogP contribution in [0.5, 0.6) is 5.75 Å². The summed E-state index contributed by atoms with van der Waals surface area (Å²) in [5, 5.41) is 4.10. The fraction of sp³-hybridized carbons (Fsp3) is 0.625. The zero-order valence-corrected chi connectivity index (χ0v) is 7.65. The van der Waals surface area contributed by atoms with Crippen LogP contribution in [0.3, 0.4) is 0 Å². The van der Waals surface area contributed by atoms with Gasteiger partial charge in [-0.15, -0.1) is 0 Å². The van der Waals surface area contributed by atoms with Crippen molar-refractivity contribution < 1.29 is 9.47 Å². The predicted octanol–water partition coefficient (Wildman–Crippen LogP) is 1.45. The lowest BCUT2D eigenvalue weighted by molar-refractivity contribution is 0.0510. The lowest BCUT2D eigenvalue weighted by Gasteiger charge is -2.03. The Morgan fingerprint density at radius 2 is 2.33 bits per heavy atom. The Bertz CT molecular complexity index is 233. The Morgan fingerprint density at radius 3 is 2.83 bits per heavy atom. The smallest absolute Gasteiger partial charge is 0.188 e. The minimum atomic E-state index is 0.268. The average molecular weight is 170 g/mol. The molecular formula is C8H14N2O2. The van der Waals surface area contributed by atoms with Crippen molar-refractivity contribution >= 4 is 0 Å². The SMILES string of the molecule is COCOc1cnn(C(C)C)c1. The van der Waals surface area contributed by atoms with Gasteiger partial charge in [0.1, 0.15) is 0 Å². The third kappa shape index (κ3) is 2.23. The quantitative estimate of drug-likeness (QED) is 0.641. The van der Waals surface area contributed by atoms with Crippen LogP contribution in [-0.2, 0) is 4.74 Å². The van der Waals surface area contributed by atoms with Gasteiger partial charge in [0, 0.05) is 13.2 Å². The van der Waals surface area contributed by atoms with E-state index in [0.29, 0.717) is 6.04 Å². The second-order valence-electron chi connectivity index (χ2n) is 2.80. The van der Waals surface area contributed by atoms with E-state index >= 15 is 0 Å². The Hall–Kier alpha value is -1.03. The van der Waals surface area contributed by atoms with Crippen LogP contribution in [0.1, 0.15) is 19.9 Å². The van der Waals surface area contributed by atoms with Gasteiger partial charge in [-0.1, -0.05) is 0 Å². The molecule has 0 aromatic carbocycles. The van der Waals surface area contributed by atoms with Crippen molar-refractivity contribution in [3.05, 3.63) is 12.4 Å². The first kappa shape index (κ1) is 9.06. The van der Waals surface area contributed by atoms with Crippen LogP contribution in [0, 0.1) is 0 Å². The molecule has 0 fully saturated rings. The molecule has 0 saturated heterocycles. The number of methoxy groups -OCH3 is 1. The lowest BCUT2D eigenvalue weighted by Crippen LogP contribution is -2.00. The minimum absolute atomic E-state index is 0.268. The first-order chi connectivity index (χ1) is 5.74. The molecule has 0 aliphatic heterocycles. The first-order valence-corrected chi connectivity index (χ1v) is 3.90. The van der Waals surface area contributed by atoms with Crippen molar-refractivity contribution in [3.63, 3.8) is 0 Å². The molecule has 0 spiro atoms. The number of hydrogen-bond acceptors (Lipinski definition) is 3. The molecule has 0 N–H and O–H groups in total. The highest BCUT2D eigenvalue weighted by Crippen LogP contribution is 2.11. The largest absolute Gasteiger partial charge is 0.464 e. The summed E-state index contributed by atoms with van der Waals surface area (Å²) < 4.78 is 11.8. The van der Waals surface area contributed by atoms with Gasteiger partial charge in [-0.3, -0.25) is 4.68 Å². The van der Waals surface area contributed by atoms with E-state index in [9.17, 15) is 0 Å². The molecule has 1 rings (SSSR count). The maximum atomic E-state index is 5.18. The normalized spacial score (nSPS) is 10.7. The van der Waals surface area contributed by atoms with Gasteiger partial charge in [0.15, 0.2) is 12.5 Å². The molecule has 0 unspecified atom stereocenters. The van der Waals surface area contributed by atoms with Crippen LogP contribution >= 0.6 is 0 Å². The van der Waals surface area contributed by atoms with Gasteiger partial charge < -0.3 is 9.47 Å². The predicted molar refractivity (Wildman–Crippen MR) is 45.1 cm³/mol. The van der Waals surface area contributed by atoms with Crippen molar-refractivity contribution in [1.29, 1.82) is 0 Å². The monoisotopic (exact) mass is 170 g/mol. The van der Waals surface area contributed by atoms with Crippen LogP contribution in [0.2, 0.25) is 0 Å². The molecule has 1 aromatic heterocycles. The third-order valence-corrected chi connectivity index (χ3v) is 1.45. The third-order valence-electron chi connectivity index (χ3n) is 1.45. The molecule has 4 heteroatoms. The summed E-state index contributed by atoms with van der Waals surface area (Å²) in [5.74, 6) is 0.741. The Kier molecular flexibility index (Phi) is 3.10. The van der Waals surface area contributed by atoms with Crippen molar-refractivity contribution in [2.75, 3.05) is 13.9 Å². The minimum Gasteiger partial charge on any atom is -0.464 e. The summed E-state index contributed by atoms with van der Waals surface area (Å²) in [7, 11) is 1.59. The summed E-state index contributed by atoms with van der Waals surface area (Å²) in [6, 6.07) is 0.366. The van der Waals surface area contributed by atoms with Gasteiger partial charge in [-0.25, -0.2) is 0 Å². The highest BCUT2D eigenvalue weighted by molar-refractivity contribution is 5.11. The first-order valence-electron chi connectivity index (χ1n) is 3.90. The molecule has 0 radical (unpaired) electrons. The van der Waals surface area contributed by atoms with E-state index < -0.39 is 0 Å². The molecule has 0 saturated carbocycles. The topological polar surface area (TPSA) is 36.3 Å². The fourth-order valence-corrected chi connectivity index (χ4v) is 0.805. The van der Waals surface area contributed by atoms with Crippen LogP contribution in [0.25, 0.3) is 0 Å². The molecule has 1 aromatic rings.